The highest BCUT2D eigenvalue weighted by Gasteiger charge is 2.28. The molecular formula is C12H13FN2O. The molecule has 1 N–H and O–H groups in total. The van der Waals surface area contributed by atoms with Crippen LogP contribution in [0.1, 0.15) is 18.7 Å². The fourth-order valence-corrected chi connectivity index (χ4v) is 2.22. The van der Waals surface area contributed by atoms with Gasteiger partial charge in [0.25, 0.3) is 0 Å². The third-order valence-corrected chi connectivity index (χ3v) is 3.20. The van der Waals surface area contributed by atoms with Crippen molar-refractivity contribution in [2.45, 2.75) is 12.8 Å². The van der Waals surface area contributed by atoms with Gasteiger partial charge in [0.05, 0.1) is 5.92 Å². The number of oxazole rings is 1. The molecule has 1 fully saturated rings. The number of aromatic nitrogens is 1. The molecule has 1 saturated heterocycles. The summed E-state index contributed by atoms with van der Waals surface area (Å²) in [6.45, 7) is 4.04. The number of halogens is 1. The number of hydrogen-bond donors (Lipinski definition) is 1. The van der Waals surface area contributed by atoms with E-state index in [1.54, 1.807) is 6.07 Å². The fourth-order valence-electron chi connectivity index (χ4n) is 2.22. The van der Waals surface area contributed by atoms with Crippen LogP contribution in [0.5, 0.6) is 0 Å². The van der Waals surface area contributed by atoms with Crippen molar-refractivity contribution in [1.29, 1.82) is 0 Å². The van der Waals surface area contributed by atoms with E-state index in [0.29, 0.717) is 17.4 Å². The average molecular weight is 220 g/mol. The van der Waals surface area contributed by atoms with Crippen LogP contribution in [0, 0.1) is 11.7 Å². The Labute approximate surface area is 92.7 Å². The van der Waals surface area contributed by atoms with Crippen molar-refractivity contribution < 1.29 is 8.81 Å². The number of nitrogens with zero attached hydrogens (tertiary/aromatic N) is 1. The lowest BCUT2D eigenvalue weighted by Gasteiger charge is -2.08. The van der Waals surface area contributed by atoms with Crippen LogP contribution in [0.3, 0.4) is 0 Å². The number of fused-ring (bicyclic) bond motifs is 1. The lowest BCUT2D eigenvalue weighted by atomic mass is 9.98. The Morgan fingerprint density at radius 1 is 1.44 bits per heavy atom. The summed E-state index contributed by atoms with van der Waals surface area (Å²) in [5.41, 5.74) is 1.27. The molecule has 1 aliphatic rings. The second-order valence-electron chi connectivity index (χ2n) is 4.41. The van der Waals surface area contributed by atoms with Crippen molar-refractivity contribution in [3.8, 4) is 0 Å². The van der Waals surface area contributed by atoms with Crippen molar-refractivity contribution in [2.24, 2.45) is 5.92 Å². The van der Waals surface area contributed by atoms with Crippen LogP contribution in [0.25, 0.3) is 11.1 Å². The summed E-state index contributed by atoms with van der Waals surface area (Å²) < 4.78 is 18.6. The molecule has 1 aliphatic heterocycles. The number of benzene rings is 1. The predicted octanol–water partition coefficient (Wildman–Crippen LogP) is 2.29. The van der Waals surface area contributed by atoms with Gasteiger partial charge in [0.15, 0.2) is 11.5 Å². The number of rotatable bonds is 1. The van der Waals surface area contributed by atoms with Gasteiger partial charge in [-0.2, -0.15) is 0 Å². The molecule has 0 amide bonds. The Bertz CT molecular complexity index is 523. The van der Waals surface area contributed by atoms with Gasteiger partial charge in [-0.25, -0.2) is 9.37 Å². The molecule has 0 radical (unpaired) electrons. The van der Waals surface area contributed by atoms with Crippen LogP contribution in [-0.4, -0.2) is 18.1 Å². The summed E-state index contributed by atoms with van der Waals surface area (Å²) in [6.07, 6.45) is 0. The molecule has 16 heavy (non-hydrogen) atoms. The van der Waals surface area contributed by atoms with Crippen molar-refractivity contribution in [3.05, 3.63) is 29.9 Å². The van der Waals surface area contributed by atoms with Gasteiger partial charge >= 0.3 is 0 Å². The van der Waals surface area contributed by atoms with E-state index in [2.05, 4.69) is 17.2 Å². The van der Waals surface area contributed by atoms with Crippen molar-refractivity contribution in [3.63, 3.8) is 0 Å². The average Bonchev–Trinajstić information content (AvgIpc) is 2.82. The molecular weight excluding hydrogens is 207 g/mol. The minimum absolute atomic E-state index is 0.284. The quantitative estimate of drug-likeness (QED) is 0.801. The van der Waals surface area contributed by atoms with Gasteiger partial charge in [0.1, 0.15) is 11.3 Å². The first-order valence-corrected chi connectivity index (χ1v) is 5.51. The first-order valence-electron chi connectivity index (χ1n) is 5.51. The second kappa shape index (κ2) is 3.56. The minimum Gasteiger partial charge on any atom is -0.440 e. The summed E-state index contributed by atoms with van der Waals surface area (Å²) in [7, 11) is 0. The summed E-state index contributed by atoms with van der Waals surface area (Å²) in [5, 5.41) is 3.30. The first-order chi connectivity index (χ1) is 7.74. The molecule has 2 unspecified atom stereocenters. The van der Waals surface area contributed by atoms with E-state index in [-0.39, 0.29) is 5.82 Å². The van der Waals surface area contributed by atoms with Crippen LogP contribution in [0.4, 0.5) is 4.39 Å². The normalized spacial score (nSPS) is 25.4. The van der Waals surface area contributed by atoms with Gasteiger partial charge in [0, 0.05) is 12.6 Å². The summed E-state index contributed by atoms with van der Waals surface area (Å²) in [4.78, 5) is 4.41. The minimum atomic E-state index is -0.284. The van der Waals surface area contributed by atoms with Gasteiger partial charge in [0.2, 0.25) is 0 Å². The molecule has 3 rings (SSSR count). The molecule has 84 valence electrons. The van der Waals surface area contributed by atoms with E-state index in [1.165, 1.54) is 12.1 Å². The van der Waals surface area contributed by atoms with E-state index < -0.39 is 0 Å². The van der Waals surface area contributed by atoms with Gasteiger partial charge in [-0.05, 0) is 24.6 Å². The molecule has 1 aromatic carbocycles. The van der Waals surface area contributed by atoms with Gasteiger partial charge < -0.3 is 9.73 Å². The van der Waals surface area contributed by atoms with Crippen LogP contribution in [-0.2, 0) is 0 Å². The van der Waals surface area contributed by atoms with Gasteiger partial charge in [-0.3, -0.25) is 0 Å². The summed E-state index contributed by atoms with van der Waals surface area (Å²) in [5.74, 6) is 1.25. The van der Waals surface area contributed by atoms with Crippen molar-refractivity contribution >= 4 is 11.1 Å². The summed E-state index contributed by atoms with van der Waals surface area (Å²) >= 11 is 0. The second-order valence-corrected chi connectivity index (χ2v) is 4.41. The molecule has 0 spiro atoms. The Morgan fingerprint density at radius 3 is 3.06 bits per heavy atom. The smallest absolute Gasteiger partial charge is 0.200 e. The Hall–Kier alpha value is -1.42. The molecule has 2 aromatic rings. The topological polar surface area (TPSA) is 38.1 Å². The van der Waals surface area contributed by atoms with Gasteiger partial charge in [-0.15, -0.1) is 0 Å². The maximum atomic E-state index is 13.0. The zero-order valence-corrected chi connectivity index (χ0v) is 9.03. The lowest BCUT2D eigenvalue weighted by Crippen LogP contribution is -2.08. The van der Waals surface area contributed by atoms with Crippen LogP contribution in [0.15, 0.2) is 22.6 Å². The molecule has 2 heterocycles. The van der Waals surface area contributed by atoms with E-state index in [0.717, 1.165) is 24.5 Å². The molecule has 2 atom stereocenters. The van der Waals surface area contributed by atoms with Crippen LogP contribution in [0.2, 0.25) is 0 Å². The maximum Gasteiger partial charge on any atom is 0.200 e. The van der Waals surface area contributed by atoms with Gasteiger partial charge in [-0.1, -0.05) is 6.92 Å². The number of nitrogens with one attached hydrogen (secondary N) is 1. The standard InChI is InChI=1S/C12H13FN2O/c1-7-5-14-6-9(7)12-15-10-3-2-8(13)4-11(10)16-12/h2-4,7,9,14H,5-6H2,1H3. The third kappa shape index (κ3) is 1.50. The van der Waals surface area contributed by atoms with Crippen molar-refractivity contribution in [2.75, 3.05) is 13.1 Å². The number of hydrogen-bond acceptors (Lipinski definition) is 3. The zero-order chi connectivity index (χ0) is 11.1. The third-order valence-electron chi connectivity index (χ3n) is 3.20. The first kappa shape index (κ1) is 9.78. The van der Waals surface area contributed by atoms with E-state index in [1.807, 2.05) is 0 Å². The van der Waals surface area contributed by atoms with Crippen molar-refractivity contribution in [1.82, 2.24) is 10.3 Å². The fraction of sp³-hybridized carbons (Fsp3) is 0.417. The lowest BCUT2D eigenvalue weighted by molar-refractivity contribution is 0.434. The molecule has 3 nitrogen and oxygen atoms in total. The van der Waals surface area contributed by atoms with E-state index in [9.17, 15) is 4.39 Å². The largest absolute Gasteiger partial charge is 0.440 e. The van der Waals surface area contributed by atoms with E-state index >= 15 is 0 Å². The highest BCUT2D eigenvalue weighted by atomic mass is 19.1. The Balaban J connectivity index is 2.04. The molecule has 4 heteroatoms. The molecule has 0 bridgehead atoms. The summed E-state index contributed by atoms with van der Waals surface area (Å²) in [6, 6.07) is 4.45. The predicted molar refractivity (Wildman–Crippen MR) is 58.7 cm³/mol. The maximum absolute atomic E-state index is 13.0. The zero-order valence-electron chi connectivity index (χ0n) is 9.03. The highest BCUT2D eigenvalue weighted by Crippen LogP contribution is 2.29. The molecule has 0 saturated carbocycles. The van der Waals surface area contributed by atoms with E-state index in [4.69, 9.17) is 4.42 Å². The molecule has 1 aromatic heterocycles. The van der Waals surface area contributed by atoms with Crippen LogP contribution >= 0.6 is 0 Å². The highest BCUT2D eigenvalue weighted by molar-refractivity contribution is 5.72. The monoisotopic (exact) mass is 220 g/mol. The molecule has 0 aliphatic carbocycles. The Kier molecular flexibility index (Phi) is 2.17. The Morgan fingerprint density at radius 2 is 2.31 bits per heavy atom. The SMILES string of the molecule is CC1CNCC1c1nc2ccc(F)cc2o1. The van der Waals surface area contributed by atoms with Crippen LogP contribution < -0.4 is 5.32 Å².